The Labute approximate surface area is 197 Å². The number of nitrogens with zero attached hydrogens (tertiary/aromatic N) is 3. The third kappa shape index (κ3) is 4.15. The van der Waals surface area contributed by atoms with E-state index in [-0.39, 0.29) is 29.7 Å². The Morgan fingerprint density at radius 3 is 2.42 bits per heavy atom. The number of rotatable bonds is 4. The zero-order chi connectivity index (χ0) is 23.0. The van der Waals surface area contributed by atoms with Gasteiger partial charge in [-0.3, -0.25) is 14.4 Å². The lowest BCUT2D eigenvalue weighted by Gasteiger charge is -2.39. The number of hydrogen-bond acceptors (Lipinski definition) is 4. The highest BCUT2D eigenvalue weighted by molar-refractivity contribution is 7.12. The molecule has 1 N–H and O–H groups in total. The van der Waals surface area contributed by atoms with E-state index in [0.29, 0.717) is 31.1 Å². The van der Waals surface area contributed by atoms with Crippen LogP contribution >= 0.6 is 11.3 Å². The molecule has 2 fully saturated rings. The highest BCUT2D eigenvalue weighted by Gasteiger charge is 2.43. The molecule has 172 valence electrons. The van der Waals surface area contributed by atoms with Gasteiger partial charge in [0.1, 0.15) is 5.69 Å². The number of benzene rings is 1. The van der Waals surface area contributed by atoms with Crippen molar-refractivity contribution in [2.75, 3.05) is 32.7 Å². The van der Waals surface area contributed by atoms with Gasteiger partial charge in [-0.1, -0.05) is 24.3 Å². The quantitative estimate of drug-likeness (QED) is 0.645. The second kappa shape index (κ2) is 8.67. The van der Waals surface area contributed by atoms with E-state index in [1.54, 1.807) is 6.07 Å². The fourth-order valence-corrected chi connectivity index (χ4v) is 5.80. The summed E-state index contributed by atoms with van der Waals surface area (Å²) in [4.78, 5) is 42.4. The molecule has 7 nitrogen and oxygen atoms in total. The van der Waals surface area contributed by atoms with Gasteiger partial charge in [-0.2, -0.15) is 0 Å². The molecule has 2 aromatic heterocycles. The van der Waals surface area contributed by atoms with Crippen molar-refractivity contribution >= 4 is 40.0 Å². The monoisotopic (exact) mass is 464 g/mol. The summed E-state index contributed by atoms with van der Waals surface area (Å²) in [7, 11) is 1.94. The van der Waals surface area contributed by atoms with E-state index in [1.165, 1.54) is 11.3 Å². The van der Waals surface area contributed by atoms with Gasteiger partial charge in [-0.05, 0) is 48.3 Å². The van der Waals surface area contributed by atoms with Crippen LogP contribution in [0, 0.1) is 5.41 Å². The van der Waals surface area contributed by atoms with Gasteiger partial charge in [0.05, 0.1) is 11.4 Å². The van der Waals surface area contributed by atoms with Crippen LogP contribution in [0.1, 0.15) is 39.4 Å². The Kier molecular flexibility index (Phi) is 5.70. The number of thiophene rings is 1. The maximum Gasteiger partial charge on any atom is 0.270 e. The maximum atomic E-state index is 13.2. The zero-order valence-electron chi connectivity index (χ0n) is 18.8. The lowest BCUT2D eigenvalue weighted by atomic mass is 9.77. The number of carbonyl (C=O) groups is 3. The normalized spacial score (nSPS) is 17.6. The van der Waals surface area contributed by atoms with Crippen LogP contribution < -0.4 is 5.32 Å². The number of amides is 3. The van der Waals surface area contributed by atoms with Gasteiger partial charge < -0.3 is 19.7 Å². The number of aromatic nitrogens is 1. The zero-order valence-corrected chi connectivity index (χ0v) is 19.6. The Bertz CT molecular complexity index is 1190. The van der Waals surface area contributed by atoms with Crippen molar-refractivity contribution in [2.24, 2.45) is 12.5 Å². The van der Waals surface area contributed by atoms with Crippen LogP contribution in [0.2, 0.25) is 0 Å². The molecule has 0 unspecified atom stereocenters. The minimum Gasteiger partial charge on any atom is -0.342 e. The molecule has 1 spiro atoms. The third-order valence-electron chi connectivity index (χ3n) is 7.22. The summed E-state index contributed by atoms with van der Waals surface area (Å²) in [5.74, 6) is -0.163. The summed E-state index contributed by atoms with van der Waals surface area (Å²) in [6.45, 7) is 2.86. The van der Waals surface area contributed by atoms with Crippen LogP contribution in [-0.4, -0.2) is 64.8 Å². The molecule has 5 rings (SSSR count). The SMILES string of the molecule is Cn1c(C(=O)N2CCC3(CCN(C(=O)CNC(=O)c4cccs4)C3)CC2)cc2ccccc21. The molecule has 4 heterocycles. The fourth-order valence-electron chi connectivity index (χ4n) is 5.16. The maximum absolute atomic E-state index is 13.2. The molecule has 0 radical (unpaired) electrons. The van der Waals surface area contributed by atoms with E-state index >= 15 is 0 Å². The molecular weight excluding hydrogens is 436 g/mol. The van der Waals surface area contributed by atoms with E-state index in [2.05, 4.69) is 5.32 Å². The molecule has 33 heavy (non-hydrogen) atoms. The van der Waals surface area contributed by atoms with Gasteiger partial charge in [0.2, 0.25) is 5.91 Å². The predicted octanol–water partition coefficient (Wildman–Crippen LogP) is 3.12. The third-order valence-corrected chi connectivity index (χ3v) is 8.09. The topological polar surface area (TPSA) is 74.7 Å². The van der Waals surface area contributed by atoms with Crippen molar-refractivity contribution in [3.63, 3.8) is 0 Å². The largest absolute Gasteiger partial charge is 0.342 e. The first-order valence-corrected chi connectivity index (χ1v) is 12.3. The number of likely N-dealkylation sites (tertiary alicyclic amines) is 2. The molecule has 2 aliphatic heterocycles. The smallest absolute Gasteiger partial charge is 0.270 e. The highest BCUT2D eigenvalue weighted by Crippen LogP contribution is 2.40. The molecule has 0 aliphatic carbocycles. The Balaban J connectivity index is 1.16. The van der Waals surface area contributed by atoms with E-state index in [4.69, 9.17) is 0 Å². The van der Waals surface area contributed by atoms with E-state index in [9.17, 15) is 14.4 Å². The standard InChI is InChI=1S/C25H28N4O3S/c1-27-19-6-3-2-5-18(19)15-20(27)24(32)28-11-8-25(9-12-28)10-13-29(17-25)22(30)16-26-23(31)21-7-4-14-33-21/h2-7,14-15H,8-13,16-17H2,1H3,(H,26,31). The van der Waals surface area contributed by atoms with Gasteiger partial charge in [0.15, 0.2) is 0 Å². The van der Waals surface area contributed by atoms with E-state index in [0.717, 1.165) is 35.9 Å². The minimum absolute atomic E-state index is 0.0263. The van der Waals surface area contributed by atoms with Crippen molar-refractivity contribution in [1.82, 2.24) is 19.7 Å². The number of piperidine rings is 1. The van der Waals surface area contributed by atoms with Crippen LogP contribution in [0.25, 0.3) is 10.9 Å². The summed E-state index contributed by atoms with van der Waals surface area (Å²) < 4.78 is 1.97. The van der Waals surface area contributed by atoms with E-state index < -0.39 is 0 Å². The molecule has 0 saturated carbocycles. The van der Waals surface area contributed by atoms with Crippen molar-refractivity contribution in [3.05, 3.63) is 58.4 Å². The summed E-state index contributed by atoms with van der Waals surface area (Å²) >= 11 is 1.36. The minimum atomic E-state index is -0.201. The van der Waals surface area contributed by atoms with Crippen molar-refractivity contribution in [2.45, 2.75) is 19.3 Å². The Morgan fingerprint density at radius 2 is 1.73 bits per heavy atom. The molecule has 3 amide bonds. The molecule has 8 heteroatoms. The molecule has 1 aromatic carbocycles. The second-order valence-corrected chi connectivity index (χ2v) is 10.1. The fraction of sp³-hybridized carbons (Fsp3) is 0.400. The van der Waals surface area contributed by atoms with Gasteiger partial charge in [-0.15, -0.1) is 11.3 Å². The summed E-state index contributed by atoms with van der Waals surface area (Å²) in [5, 5.41) is 5.66. The van der Waals surface area contributed by atoms with Crippen LogP contribution in [0.5, 0.6) is 0 Å². The number of carbonyl (C=O) groups excluding carboxylic acids is 3. The molecule has 3 aromatic rings. The number of aryl methyl sites for hydroxylation is 1. The number of fused-ring (bicyclic) bond motifs is 1. The van der Waals surface area contributed by atoms with Gasteiger partial charge >= 0.3 is 0 Å². The first kappa shape index (κ1) is 21.7. The van der Waals surface area contributed by atoms with Gasteiger partial charge in [0.25, 0.3) is 11.8 Å². The molecule has 2 saturated heterocycles. The Hall–Kier alpha value is -3.13. The average molecular weight is 465 g/mol. The Morgan fingerprint density at radius 1 is 1.00 bits per heavy atom. The lowest BCUT2D eigenvalue weighted by molar-refractivity contribution is -0.129. The summed E-state index contributed by atoms with van der Waals surface area (Å²) in [6, 6.07) is 13.6. The molecule has 0 atom stereocenters. The first-order valence-electron chi connectivity index (χ1n) is 11.4. The highest BCUT2D eigenvalue weighted by atomic mass is 32.1. The lowest BCUT2D eigenvalue weighted by Crippen LogP contribution is -2.46. The second-order valence-electron chi connectivity index (χ2n) is 9.16. The summed E-state index contributed by atoms with van der Waals surface area (Å²) in [6.07, 6.45) is 2.75. The van der Waals surface area contributed by atoms with Crippen molar-refractivity contribution < 1.29 is 14.4 Å². The van der Waals surface area contributed by atoms with Gasteiger partial charge in [0, 0.05) is 44.1 Å². The molecule has 0 bridgehead atoms. The molecular formula is C25H28N4O3S. The molecule has 2 aliphatic rings. The van der Waals surface area contributed by atoms with Crippen LogP contribution in [0.4, 0.5) is 0 Å². The predicted molar refractivity (Wildman–Crippen MR) is 128 cm³/mol. The number of hydrogen-bond donors (Lipinski definition) is 1. The van der Waals surface area contributed by atoms with Gasteiger partial charge in [-0.25, -0.2) is 0 Å². The van der Waals surface area contributed by atoms with E-state index in [1.807, 2.05) is 63.2 Å². The number of nitrogens with one attached hydrogen (secondary N) is 1. The van der Waals surface area contributed by atoms with Crippen molar-refractivity contribution in [1.29, 1.82) is 0 Å². The summed E-state index contributed by atoms with van der Waals surface area (Å²) in [5.41, 5.74) is 1.85. The van der Waals surface area contributed by atoms with Crippen LogP contribution in [-0.2, 0) is 11.8 Å². The van der Waals surface area contributed by atoms with Crippen LogP contribution in [0.15, 0.2) is 47.8 Å². The first-order chi connectivity index (χ1) is 16.0. The van der Waals surface area contributed by atoms with Crippen LogP contribution in [0.3, 0.4) is 0 Å². The number of para-hydroxylation sites is 1. The average Bonchev–Trinajstić information content (AvgIpc) is 3.58. The van der Waals surface area contributed by atoms with Crippen molar-refractivity contribution in [3.8, 4) is 0 Å².